The minimum Gasteiger partial charge on any atom is -0.466 e. The van der Waals surface area contributed by atoms with Gasteiger partial charge in [0.1, 0.15) is 0 Å². The van der Waals surface area contributed by atoms with E-state index in [4.69, 9.17) is 40.2 Å². The van der Waals surface area contributed by atoms with Crippen LogP contribution < -0.4 is 20.9 Å². The molecule has 0 bridgehead atoms. The van der Waals surface area contributed by atoms with Crippen LogP contribution in [0.3, 0.4) is 0 Å². The number of nitrogens with one attached hydrogen (secondary N) is 3. The summed E-state index contributed by atoms with van der Waals surface area (Å²) in [5.41, 5.74) is 5.45. The second-order valence-electron chi connectivity index (χ2n) is 4.08. The quantitative estimate of drug-likeness (QED) is 0.560. The molecule has 3 N–H and O–H groups in total. The summed E-state index contributed by atoms with van der Waals surface area (Å²) < 4.78 is 5.13. The van der Waals surface area contributed by atoms with Gasteiger partial charge in [-0.05, 0) is 30.4 Å². The van der Waals surface area contributed by atoms with Crippen LogP contribution in [0.25, 0.3) is 0 Å². The molecule has 10 heteroatoms. The molecular formula is C13H11Cl2N5O2S. The van der Waals surface area contributed by atoms with E-state index in [1.165, 1.54) is 18.6 Å². The Morgan fingerprint density at radius 3 is 2.78 bits per heavy atom. The first-order chi connectivity index (χ1) is 11.0. The third kappa shape index (κ3) is 5.85. The standard InChI is InChI=1S/C13H11Cl2N5O2S/c14-8-1-2-10(9(15)5-8)18-13(23)20-19-11(21)7-22-12-6-16-3-4-17-12/h1-6H,7H2,(H,19,21)(H2,18,20,23). The van der Waals surface area contributed by atoms with Crippen LogP contribution in [0.2, 0.25) is 10.0 Å². The third-order valence-electron chi connectivity index (χ3n) is 2.39. The summed E-state index contributed by atoms with van der Waals surface area (Å²) in [5, 5.41) is 3.88. The molecule has 0 saturated carbocycles. The first-order valence-corrected chi connectivity index (χ1v) is 7.40. The number of hydrazine groups is 1. The first kappa shape index (κ1) is 17.2. The van der Waals surface area contributed by atoms with Crippen LogP contribution in [0.15, 0.2) is 36.8 Å². The molecule has 7 nitrogen and oxygen atoms in total. The molecule has 0 aliphatic rings. The van der Waals surface area contributed by atoms with Crippen molar-refractivity contribution in [1.29, 1.82) is 0 Å². The van der Waals surface area contributed by atoms with Gasteiger partial charge in [0.05, 0.1) is 16.9 Å². The molecule has 0 radical (unpaired) electrons. The van der Waals surface area contributed by atoms with E-state index < -0.39 is 5.91 Å². The van der Waals surface area contributed by atoms with Gasteiger partial charge in [0.2, 0.25) is 5.88 Å². The van der Waals surface area contributed by atoms with Gasteiger partial charge in [-0.25, -0.2) is 4.98 Å². The number of amides is 1. The number of halogens is 2. The van der Waals surface area contributed by atoms with Crippen LogP contribution in [-0.4, -0.2) is 27.6 Å². The summed E-state index contributed by atoms with van der Waals surface area (Å²) in [5.74, 6) is -0.196. The Hall–Kier alpha value is -2.16. The van der Waals surface area contributed by atoms with Crippen LogP contribution in [0.4, 0.5) is 5.69 Å². The lowest BCUT2D eigenvalue weighted by atomic mass is 10.3. The van der Waals surface area contributed by atoms with Crippen molar-refractivity contribution < 1.29 is 9.53 Å². The van der Waals surface area contributed by atoms with Gasteiger partial charge < -0.3 is 10.1 Å². The topological polar surface area (TPSA) is 88.2 Å². The van der Waals surface area contributed by atoms with Crippen molar-refractivity contribution in [3.63, 3.8) is 0 Å². The number of thiocarbonyl (C=S) groups is 1. The van der Waals surface area contributed by atoms with Crippen LogP contribution in [0.5, 0.6) is 5.88 Å². The van der Waals surface area contributed by atoms with E-state index in [0.29, 0.717) is 15.7 Å². The highest BCUT2D eigenvalue weighted by Crippen LogP contribution is 2.25. The third-order valence-corrected chi connectivity index (χ3v) is 3.14. The highest BCUT2D eigenvalue weighted by molar-refractivity contribution is 7.80. The fourth-order valence-corrected chi connectivity index (χ4v) is 2.02. The molecule has 0 aliphatic heterocycles. The highest BCUT2D eigenvalue weighted by Gasteiger charge is 2.06. The molecule has 0 aliphatic carbocycles. The van der Waals surface area contributed by atoms with Crippen molar-refractivity contribution in [2.24, 2.45) is 0 Å². The fraction of sp³-hybridized carbons (Fsp3) is 0.0769. The molecule has 120 valence electrons. The van der Waals surface area contributed by atoms with Gasteiger partial charge in [-0.1, -0.05) is 23.2 Å². The maximum Gasteiger partial charge on any atom is 0.276 e. The fourth-order valence-electron chi connectivity index (χ4n) is 1.41. The number of ether oxygens (including phenoxy) is 1. The number of anilines is 1. The van der Waals surface area contributed by atoms with Gasteiger partial charge in [0.25, 0.3) is 5.91 Å². The molecule has 0 unspecified atom stereocenters. The minimum atomic E-state index is -0.443. The number of hydrogen-bond donors (Lipinski definition) is 3. The minimum absolute atomic E-state index is 0.155. The summed E-state index contributed by atoms with van der Waals surface area (Å²) in [6, 6.07) is 4.89. The Morgan fingerprint density at radius 1 is 1.26 bits per heavy atom. The average Bonchev–Trinajstić information content (AvgIpc) is 2.54. The van der Waals surface area contributed by atoms with E-state index in [2.05, 4.69) is 26.1 Å². The Balaban J connectivity index is 1.74. The number of carbonyl (C=O) groups is 1. The molecular weight excluding hydrogens is 361 g/mol. The zero-order chi connectivity index (χ0) is 16.7. The summed E-state index contributed by atoms with van der Waals surface area (Å²) in [6.45, 7) is -0.240. The van der Waals surface area contributed by atoms with Crippen molar-refractivity contribution in [3.05, 3.63) is 46.8 Å². The number of nitrogens with zero attached hydrogens (tertiary/aromatic N) is 2. The largest absolute Gasteiger partial charge is 0.466 e. The first-order valence-electron chi connectivity index (χ1n) is 6.24. The molecule has 1 aromatic heterocycles. The summed E-state index contributed by atoms with van der Waals surface area (Å²) >= 11 is 16.8. The molecule has 1 aromatic carbocycles. The van der Waals surface area contributed by atoms with E-state index in [0.717, 1.165) is 0 Å². The maximum atomic E-state index is 11.6. The Labute approximate surface area is 147 Å². The van der Waals surface area contributed by atoms with Gasteiger partial charge in [0, 0.05) is 17.4 Å². The average molecular weight is 372 g/mol. The van der Waals surface area contributed by atoms with Gasteiger partial charge in [-0.3, -0.25) is 20.6 Å². The van der Waals surface area contributed by atoms with Crippen LogP contribution in [-0.2, 0) is 4.79 Å². The van der Waals surface area contributed by atoms with E-state index in [9.17, 15) is 4.79 Å². The predicted molar refractivity (Wildman–Crippen MR) is 91.5 cm³/mol. The van der Waals surface area contributed by atoms with Crippen molar-refractivity contribution >= 4 is 52.1 Å². The van der Waals surface area contributed by atoms with E-state index >= 15 is 0 Å². The van der Waals surface area contributed by atoms with Crippen molar-refractivity contribution in [1.82, 2.24) is 20.8 Å². The normalized spacial score (nSPS) is 9.83. The van der Waals surface area contributed by atoms with Crippen molar-refractivity contribution in [2.45, 2.75) is 0 Å². The van der Waals surface area contributed by atoms with Crippen LogP contribution >= 0.6 is 35.4 Å². The maximum absolute atomic E-state index is 11.6. The van der Waals surface area contributed by atoms with Crippen molar-refractivity contribution in [2.75, 3.05) is 11.9 Å². The van der Waals surface area contributed by atoms with Gasteiger partial charge in [0.15, 0.2) is 11.7 Å². The SMILES string of the molecule is O=C(COc1cnccn1)NNC(=S)Nc1ccc(Cl)cc1Cl. The number of carbonyl (C=O) groups excluding carboxylic acids is 1. The lowest BCUT2D eigenvalue weighted by Crippen LogP contribution is -2.45. The zero-order valence-corrected chi connectivity index (χ0v) is 13.9. The van der Waals surface area contributed by atoms with E-state index in [1.807, 2.05) is 0 Å². The van der Waals surface area contributed by atoms with Crippen LogP contribution in [0.1, 0.15) is 0 Å². The molecule has 0 spiro atoms. The number of rotatable bonds is 4. The lowest BCUT2D eigenvalue weighted by molar-refractivity contribution is -0.123. The second-order valence-corrected chi connectivity index (χ2v) is 5.34. The Kier molecular flexibility index (Phi) is 6.33. The second kappa shape index (κ2) is 8.47. The summed E-state index contributed by atoms with van der Waals surface area (Å²) in [4.78, 5) is 19.3. The summed E-state index contributed by atoms with van der Waals surface area (Å²) in [7, 11) is 0. The van der Waals surface area contributed by atoms with E-state index in [1.54, 1.807) is 18.2 Å². The number of aromatic nitrogens is 2. The molecule has 1 heterocycles. The highest BCUT2D eigenvalue weighted by atomic mass is 35.5. The monoisotopic (exact) mass is 371 g/mol. The smallest absolute Gasteiger partial charge is 0.276 e. The molecule has 2 rings (SSSR count). The zero-order valence-electron chi connectivity index (χ0n) is 11.5. The van der Waals surface area contributed by atoms with Crippen LogP contribution in [0, 0.1) is 0 Å². The molecule has 2 aromatic rings. The Bertz CT molecular complexity index is 702. The summed E-state index contributed by atoms with van der Waals surface area (Å²) in [6.07, 6.45) is 4.36. The van der Waals surface area contributed by atoms with E-state index in [-0.39, 0.29) is 17.6 Å². The lowest BCUT2D eigenvalue weighted by Gasteiger charge is -2.12. The molecule has 0 saturated heterocycles. The van der Waals surface area contributed by atoms with Gasteiger partial charge >= 0.3 is 0 Å². The molecule has 0 fully saturated rings. The molecule has 23 heavy (non-hydrogen) atoms. The van der Waals surface area contributed by atoms with Crippen molar-refractivity contribution in [3.8, 4) is 5.88 Å². The van der Waals surface area contributed by atoms with Gasteiger partial charge in [-0.15, -0.1) is 0 Å². The predicted octanol–water partition coefficient (Wildman–Crippen LogP) is 2.18. The van der Waals surface area contributed by atoms with Gasteiger partial charge in [-0.2, -0.15) is 0 Å². The molecule has 1 amide bonds. The molecule has 0 atom stereocenters. The Morgan fingerprint density at radius 2 is 2.09 bits per heavy atom. The number of benzene rings is 1. The number of hydrogen-bond acceptors (Lipinski definition) is 5.